The van der Waals surface area contributed by atoms with Gasteiger partial charge in [0.2, 0.25) is 5.91 Å². The van der Waals surface area contributed by atoms with Gasteiger partial charge in [0, 0.05) is 12.6 Å². The molecule has 0 bridgehead atoms. The first-order valence-corrected chi connectivity index (χ1v) is 7.15. The zero-order chi connectivity index (χ0) is 13.9. The molecule has 2 N–H and O–H groups in total. The molecular formula is C12H17NO4S. The molecule has 100 valence electrons. The molecule has 0 aliphatic rings. The van der Waals surface area contributed by atoms with E-state index < -0.39 is 16.4 Å². The maximum absolute atomic E-state index is 11.9. The molecule has 1 rings (SSSR count). The van der Waals surface area contributed by atoms with E-state index >= 15 is 0 Å². The lowest BCUT2D eigenvalue weighted by Gasteiger charge is -2.12. The van der Waals surface area contributed by atoms with Gasteiger partial charge in [-0.2, -0.15) is 0 Å². The topological polar surface area (TPSA) is 83.5 Å². The Morgan fingerprint density at radius 1 is 1.28 bits per heavy atom. The average Bonchev–Trinajstić information content (AvgIpc) is 2.21. The summed E-state index contributed by atoms with van der Waals surface area (Å²) >= 11 is 0. The number of aliphatic hydroxyl groups excluding tert-OH is 1. The number of anilines is 1. The summed E-state index contributed by atoms with van der Waals surface area (Å²) in [6, 6.07) is 3.15. The molecule has 1 amide bonds. The van der Waals surface area contributed by atoms with E-state index in [1.165, 1.54) is 13.0 Å². The third-order valence-electron chi connectivity index (χ3n) is 2.53. The first kappa shape index (κ1) is 14.7. The van der Waals surface area contributed by atoms with Crippen molar-refractivity contribution in [1.82, 2.24) is 0 Å². The summed E-state index contributed by atoms with van der Waals surface area (Å²) < 4.78 is 23.9. The van der Waals surface area contributed by atoms with E-state index in [1.54, 1.807) is 19.9 Å². The second kappa shape index (κ2) is 5.49. The summed E-state index contributed by atoms with van der Waals surface area (Å²) in [4.78, 5) is 11.2. The quantitative estimate of drug-likeness (QED) is 0.856. The Labute approximate surface area is 107 Å². The van der Waals surface area contributed by atoms with Crippen LogP contribution < -0.4 is 5.32 Å². The number of aryl methyl sites for hydroxylation is 2. The Balaban J connectivity index is 3.33. The van der Waals surface area contributed by atoms with E-state index in [9.17, 15) is 13.2 Å². The molecule has 6 heteroatoms. The van der Waals surface area contributed by atoms with Gasteiger partial charge in [0.1, 0.15) is 0 Å². The van der Waals surface area contributed by atoms with Gasteiger partial charge in [0.05, 0.1) is 17.3 Å². The molecule has 0 atom stereocenters. The minimum Gasteiger partial charge on any atom is -0.395 e. The van der Waals surface area contributed by atoms with Gasteiger partial charge >= 0.3 is 0 Å². The third-order valence-corrected chi connectivity index (χ3v) is 4.36. The molecule has 0 heterocycles. The molecule has 0 aliphatic heterocycles. The Bertz CT molecular complexity index is 564. The van der Waals surface area contributed by atoms with Crippen LogP contribution in [0.4, 0.5) is 5.69 Å². The highest BCUT2D eigenvalue weighted by atomic mass is 32.2. The lowest BCUT2D eigenvalue weighted by Crippen LogP contribution is -2.14. The lowest BCUT2D eigenvalue weighted by molar-refractivity contribution is -0.114. The molecule has 1 aromatic carbocycles. The molecular weight excluding hydrogens is 254 g/mol. The zero-order valence-corrected chi connectivity index (χ0v) is 11.5. The number of hydrogen-bond donors (Lipinski definition) is 2. The van der Waals surface area contributed by atoms with Crippen LogP contribution in [-0.2, 0) is 14.6 Å². The van der Waals surface area contributed by atoms with E-state index in [-0.39, 0.29) is 16.6 Å². The van der Waals surface area contributed by atoms with Crippen LogP contribution in [0, 0.1) is 13.8 Å². The number of nitrogens with one attached hydrogen (secondary N) is 1. The van der Waals surface area contributed by atoms with Gasteiger partial charge in [-0.15, -0.1) is 0 Å². The second-order valence-electron chi connectivity index (χ2n) is 4.16. The van der Waals surface area contributed by atoms with Crippen molar-refractivity contribution in [2.75, 3.05) is 17.7 Å². The predicted octanol–water partition coefficient (Wildman–Crippen LogP) is 1.03. The summed E-state index contributed by atoms with van der Waals surface area (Å²) in [7, 11) is -3.52. The molecule has 1 aromatic rings. The highest BCUT2D eigenvalue weighted by Gasteiger charge is 2.18. The van der Waals surface area contributed by atoms with Crippen molar-refractivity contribution in [1.29, 1.82) is 0 Å². The number of carbonyl (C=O) groups excluding carboxylic acids is 1. The highest BCUT2D eigenvalue weighted by molar-refractivity contribution is 7.91. The maximum Gasteiger partial charge on any atom is 0.221 e. The normalized spacial score (nSPS) is 11.3. The fourth-order valence-electron chi connectivity index (χ4n) is 1.72. The van der Waals surface area contributed by atoms with Crippen LogP contribution >= 0.6 is 0 Å². The molecule has 0 unspecified atom stereocenters. The van der Waals surface area contributed by atoms with Crippen molar-refractivity contribution in [2.45, 2.75) is 25.7 Å². The van der Waals surface area contributed by atoms with Gasteiger partial charge in [-0.3, -0.25) is 4.79 Å². The minimum absolute atomic E-state index is 0.144. The predicted molar refractivity (Wildman–Crippen MR) is 69.4 cm³/mol. The van der Waals surface area contributed by atoms with Crippen LogP contribution in [0.1, 0.15) is 18.1 Å². The molecule has 0 spiro atoms. The van der Waals surface area contributed by atoms with Crippen LogP contribution in [0.25, 0.3) is 0 Å². The number of aliphatic hydroxyl groups is 1. The number of benzene rings is 1. The number of amides is 1. The molecule has 0 saturated carbocycles. The molecule has 0 aliphatic carbocycles. The standard InChI is InChI=1S/C12H17NO4S/c1-8-6-9(2)12(18(16,17)5-4-14)7-11(8)13-10(3)15/h6-7,14H,4-5H2,1-3H3,(H,13,15). The largest absolute Gasteiger partial charge is 0.395 e. The number of hydrogen-bond acceptors (Lipinski definition) is 4. The SMILES string of the molecule is CC(=O)Nc1cc(S(=O)(=O)CCO)c(C)cc1C. The van der Waals surface area contributed by atoms with E-state index in [4.69, 9.17) is 5.11 Å². The van der Waals surface area contributed by atoms with Gasteiger partial charge in [0.15, 0.2) is 9.84 Å². The van der Waals surface area contributed by atoms with Gasteiger partial charge in [-0.05, 0) is 31.0 Å². The Morgan fingerprint density at radius 2 is 1.89 bits per heavy atom. The van der Waals surface area contributed by atoms with Crippen molar-refractivity contribution >= 4 is 21.4 Å². The van der Waals surface area contributed by atoms with Crippen molar-refractivity contribution in [3.63, 3.8) is 0 Å². The van der Waals surface area contributed by atoms with Crippen LogP contribution in [0.2, 0.25) is 0 Å². The summed E-state index contributed by atoms with van der Waals surface area (Å²) in [5, 5.41) is 11.4. The summed E-state index contributed by atoms with van der Waals surface area (Å²) in [5.74, 6) is -0.580. The summed E-state index contributed by atoms with van der Waals surface area (Å²) in [6.07, 6.45) is 0. The first-order valence-electron chi connectivity index (χ1n) is 5.50. The van der Waals surface area contributed by atoms with Crippen molar-refractivity contribution in [3.05, 3.63) is 23.3 Å². The van der Waals surface area contributed by atoms with Gasteiger partial charge in [-0.1, -0.05) is 6.07 Å². The van der Waals surface area contributed by atoms with Crippen molar-refractivity contribution < 1.29 is 18.3 Å². The van der Waals surface area contributed by atoms with Crippen molar-refractivity contribution in [3.8, 4) is 0 Å². The minimum atomic E-state index is -3.52. The Morgan fingerprint density at radius 3 is 2.39 bits per heavy atom. The Hall–Kier alpha value is -1.40. The fraction of sp³-hybridized carbons (Fsp3) is 0.417. The monoisotopic (exact) mass is 271 g/mol. The molecule has 5 nitrogen and oxygen atoms in total. The van der Waals surface area contributed by atoms with Crippen LogP contribution in [0.3, 0.4) is 0 Å². The Kier molecular flexibility index (Phi) is 4.48. The van der Waals surface area contributed by atoms with E-state index in [0.717, 1.165) is 5.56 Å². The number of rotatable bonds is 4. The fourth-order valence-corrected chi connectivity index (χ4v) is 3.03. The second-order valence-corrected chi connectivity index (χ2v) is 6.23. The van der Waals surface area contributed by atoms with Crippen LogP contribution in [-0.4, -0.2) is 31.8 Å². The summed E-state index contributed by atoms with van der Waals surface area (Å²) in [6.45, 7) is 4.42. The van der Waals surface area contributed by atoms with E-state index in [2.05, 4.69) is 5.32 Å². The molecule has 0 fully saturated rings. The molecule has 0 radical (unpaired) electrons. The lowest BCUT2D eigenvalue weighted by atomic mass is 10.1. The van der Waals surface area contributed by atoms with Gasteiger partial charge < -0.3 is 10.4 Å². The third kappa shape index (κ3) is 3.30. The zero-order valence-electron chi connectivity index (χ0n) is 10.6. The number of sulfone groups is 1. The van der Waals surface area contributed by atoms with Crippen LogP contribution in [0.5, 0.6) is 0 Å². The summed E-state index contributed by atoms with van der Waals surface area (Å²) in [5.41, 5.74) is 1.88. The maximum atomic E-state index is 11.9. The van der Waals surface area contributed by atoms with E-state index in [1.807, 2.05) is 0 Å². The smallest absolute Gasteiger partial charge is 0.221 e. The first-order chi connectivity index (χ1) is 8.27. The van der Waals surface area contributed by atoms with Gasteiger partial charge in [-0.25, -0.2) is 8.42 Å². The van der Waals surface area contributed by atoms with Crippen molar-refractivity contribution in [2.24, 2.45) is 0 Å². The van der Waals surface area contributed by atoms with Gasteiger partial charge in [0.25, 0.3) is 0 Å². The van der Waals surface area contributed by atoms with Crippen LogP contribution in [0.15, 0.2) is 17.0 Å². The highest BCUT2D eigenvalue weighted by Crippen LogP contribution is 2.25. The number of carbonyl (C=O) groups is 1. The molecule has 18 heavy (non-hydrogen) atoms. The average molecular weight is 271 g/mol. The van der Waals surface area contributed by atoms with E-state index in [0.29, 0.717) is 11.3 Å². The molecule has 0 saturated heterocycles. The molecule has 0 aromatic heterocycles.